The third-order valence-electron chi connectivity index (χ3n) is 5.22. The highest BCUT2D eigenvalue weighted by molar-refractivity contribution is 7.89. The molecule has 0 saturated carbocycles. The fourth-order valence-electron chi connectivity index (χ4n) is 3.34. The molecule has 0 amide bonds. The van der Waals surface area contributed by atoms with E-state index in [0.717, 1.165) is 28.8 Å². The van der Waals surface area contributed by atoms with E-state index in [4.69, 9.17) is 0 Å². The fraction of sp³-hybridized carbons (Fsp3) is 0.400. The minimum atomic E-state index is -4.60. The van der Waals surface area contributed by atoms with Gasteiger partial charge in [0, 0.05) is 38.3 Å². The Labute approximate surface area is 168 Å². The third kappa shape index (κ3) is 4.73. The molecule has 9 heteroatoms. The van der Waals surface area contributed by atoms with Gasteiger partial charge in [-0.25, -0.2) is 8.42 Å². The number of phenolic OH excluding ortho intramolecular Hbond substituents is 1. The first kappa shape index (κ1) is 21.6. The number of sulfonamides is 1. The molecule has 1 saturated heterocycles. The van der Waals surface area contributed by atoms with Gasteiger partial charge in [0.05, 0.1) is 10.5 Å². The molecule has 0 bridgehead atoms. The van der Waals surface area contributed by atoms with Crippen molar-refractivity contribution < 1.29 is 26.7 Å². The van der Waals surface area contributed by atoms with Gasteiger partial charge in [0.1, 0.15) is 5.75 Å². The minimum absolute atomic E-state index is 0.171. The lowest BCUT2D eigenvalue weighted by molar-refractivity contribution is -0.137. The topological polar surface area (TPSA) is 60.9 Å². The van der Waals surface area contributed by atoms with Crippen molar-refractivity contribution in [2.75, 3.05) is 26.2 Å². The van der Waals surface area contributed by atoms with Gasteiger partial charge in [-0.1, -0.05) is 12.1 Å². The number of piperazine rings is 1. The highest BCUT2D eigenvalue weighted by Crippen LogP contribution is 2.31. The van der Waals surface area contributed by atoms with Gasteiger partial charge in [0.25, 0.3) is 0 Å². The van der Waals surface area contributed by atoms with Gasteiger partial charge in [-0.2, -0.15) is 17.5 Å². The predicted octanol–water partition coefficient (Wildman–Crippen LogP) is 3.53. The fourth-order valence-corrected chi connectivity index (χ4v) is 4.81. The van der Waals surface area contributed by atoms with Gasteiger partial charge in [0.15, 0.2) is 0 Å². The van der Waals surface area contributed by atoms with Crippen LogP contribution in [0.4, 0.5) is 13.2 Å². The molecule has 0 aliphatic carbocycles. The van der Waals surface area contributed by atoms with Crippen LogP contribution >= 0.6 is 0 Å². The van der Waals surface area contributed by atoms with Crippen molar-refractivity contribution in [2.45, 2.75) is 31.5 Å². The van der Waals surface area contributed by atoms with E-state index >= 15 is 0 Å². The van der Waals surface area contributed by atoms with Crippen molar-refractivity contribution in [1.82, 2.24) is 9.21 Å². The standard InChI is InChI=1S/C20H23F3N2O3S/c1-14-10-16(19(26)11-15(14)2)13-24-6-8-25(9-7-24)29(27,28)18-5-3-4-17(12-18)20(21,22)23/h3-5,10-12,26H,6-9,13H2,1-2H3. The summed E-state index contributed by atoms with van der Waals surface area (Å²) in [6.07, 6.45) is -4.60. The zero-order chi connectivity index (χ0) is 21.4. The van der Waals surface area contributed by atoms with E-state index in [9.17, 15) is 26.7 Å². The minimum Gasteiger partial charge on any atom is -0.508 e. The first-order chi connectivity index (χ1) is 13.5. The summed E-state index contributed by atoms with van der Waals surface area (Å²) < 4.78 is 65.5. The molecular weight excluding hydrogens is 405 g/mol. The average molecular weight is 428 g/mol. The predicted molar refractivity (Wildman–Crippen MR) is 103 cm³/mol. The first-order valence-corrected chi connectivity index (χ1v) is 10.6. The molecule has 0 spiro atoms. The summed E-state index contributed by atoms with van der Waals surface area (Å²) >= 11 is 0. The second kappa shape index (κ2) is 7.97. The Balaban J connectivity index is 1.70. The van der Waals surface area contributed by atoms with E-state index in [1.807, 2.05) is 24.8 Å². The molecule has 158 valence electrons. The van der Waals surface area contributed by atoms with Gasteiger partial charge in [0.2, 0.25) is 10.0 Å². The maximum atomic E-state index is 12.9. The molecule has 2 aromatic carbocycles. The Morgan fingerprint density at radius 3 is 2.24 bits per heavy atom. The molecule has 0 atom stereocenters. The molecule has 1 N–H and O–H groups in total. The Kier molecular flexibility index (Phi) is 5.93. The summed E-state index contributed by atoms with van der Waals surface area (Å²) in [6, 6.07) is 7.44. The Morgan fingerprint density at radius 2 is 1.62 bits per heavy atom. The molecule has 3 rings (SSSR count). The molecule has 29 heavy (non-hydrogen) atoms. The highest BCUT2D eigenvalue weighted by Gasteiger charge is 2.34. The number of hydrogen-bond donors (Lipinski definition) is 1. The molecular formula is C20H23F3N2O3S. The van der Waals surface area contributed by atoms with Crippen molar-refractivity contribution in [2.24, 2.45) is 0 Å². The number of rotatable bonds is 4. The Bertz CT molecular complexity index is 999. The molecule has 0 radical (unpaired) electrons. The molecule has 5 nitrogen and oxygen atoms in total. The van der Waals surface area contributed by atoms with E-state index < -0.39 is 21.8 Å². The quantitative estimate of drug-likeness (QED) is 0.809. The van der Waals surface area contributed by atoms with Crippen LogP contribution in [-0.2, 0) is 22.7 Å². The lowest BCUT2D eigenvalue weighted by Crippen LogP contribution is -2.48. The second-order valence-electron chi connectivity index (χ2n) is 7.27. The summed E-state index contributed by atoms with van der Waals surface area (Å²) in [5.41, 5.74) is 1.83. The normalized spacial score (nSPS) is 16.9. The number of aryl methyl sites for hydroxylation is 2. The van der Waals surface area contributed by atoms with Crippen LogP contribution in [0.15, 0.2) is 41.3 Å². The SMILES string of the molecule is Cc1cc(O)c(CN2CCN(S(=O)(=O)c3cccc(C(F)(F)F)c3)CC2)cc1C. The van der Waals surface area contributed by atoms with E-state index in [1.165, 1.54) is 10.4 Å². The zero-order valence-electron chi connectivity index (χ0n) is 16.2. The van der Waals surface area contributed by atoms with Crippen molar-refractivity contribution in [1.29, 1.82) is 0 Å². The highest BCUT2D eigenvalue weighted by atomic mass is 32.2. The van der Waals surface area contributed by atoms with Crippen molar-refractivity contribution in [3.63, 3.8) is 0 Å². The van der Waals surface area contributed by atoms with Gasteiger partial charge in [-0.15, -0.1) is 0 Å². The number of phenols is 1. The number of alkyl halides is 3. The number of nitrogens with zero attached hydrogens (tertiary/aromatic N) is 2. The average Bonchev–Trinajstić information content (AvgIpc) is 2.66. The van der Waals surface area contributed by atoms with Gasteiger partial charge < -0.3 is 5.11 Å². The van der Waals surface area contributed by atoms with Crippen molar-refractivity contribution in [3.8, 4) is 5.75 Å². The third-order valence-corrected chi connectivity index (χ3v) is 7.11. The van der Waals surface area contributed by atoms with Crippen LogP contribution in [0.25, 0.3) is 0 Å². The van der Waals surface area contributed by atoms with Crippen LogP contribution in [0, 0.1) is 13.8 Å². The van der Waals surface area contributed by atoms with E-state index in [0.29, 0.717) is 25.7 Å². The summed E-state index contributed by atoms with van der Waals surface area (Å²) in [5, 5.41) is 10.1. The molecule has 1 fully saturated rings. The van der Waals surface area contributed by atoms with Crippen LogP contribution in [0.5, 0.6) is 5.75 Å². The Morgan fingerprint density at radius 1 is 1.00 bits per heavy atom. The zero-order valence-corrected chi connectivity index (χ0v) is 17.0. The van der Waals surface area contributed by atoms with Crippen LogP contribution in [0.1, 0.15) is 22.3 Å². The lowest BCUT2D eigenvalue weighted by atomic mass is 10.0. The number of benzene rings is 2. The molecule has 0 aromatic heterocycles. The molecule has 1 aliphatic heterocycles. The molecule has 1 aliphatic rings. The first-order valence-electron chi connectivity index (χ1n) is 9.17. The second-order valence-corrected chi connectivity index (χ2v) is 9.21. The number of aromatic hydroxyl groups is 1. The van der Waals surface area contributed by atoms with Gasteiger partial charge in [-0.3, -0.25) is 4.90 Å². The monoisotopic (exact) mass is 428 g/mol. The maximum absolute atomic E-state index is 12.9. The summed E-state index contributed by atoms with van der Waals surface area (Å²) in [6.45, 7) is 5.53. The van der Waals surface area contributed by atoms with Gasteiger partial charge >= 0.3 is 6.18 Å². The number of halogens is 3. The van der Waals surface area contributed by atoms with E-state index in [2.05, 4.69) is 0 Å². The molecule has 1 heterocycles. The van der Waals surface area contributed by atoms with Gasteiger partial charge in [-0.05, 0) is 49.2 Å². The van der Waals surface area contributed by atoms with Crippen LogP contribution in [0.3, 0.4) is 0 Å². The van der Waals surface area contributed by atoms with Crippen LogP contribution in [-0.4, -0.2) is 48.9 Å². The molecule has 0 unspecified atom stereocenters. The number of hydrogen-bond acceptors (Lipinski definition) is 4. The van der Waals surface area contributed by atoms with E-state index in [-0.39, 0.29) is 23.7 Å². The van der Waals surface area contributed by atoms with Crippen molar-refractivity contribution >= 4 is 10.0 Å². The van der Waals surface area contributed by atoms with Crippen molar-refractivity contribution in [3.05, 3.63) is 58.7 Å². The lowest BCUT2D eigenvalue weighted by Gasteiger charge is -2.34. The summed E-state index contributed by atoms with van der Waals surface area (Å²) in [5.74, 6) is 0.201. The Hall–Kier alpha value is -2.10. The summed E-state index contributed by atoms with van der Waals surface area (Å²) in [4.78, 5) is 1.66. The van der Waals surface area contributed by atoms with Crippen LogP contribution in [0.2, 0.25) is 0 Å². The molecule has 2 aromatic rings. The van der Waals surface area contributed by atoms with E-state index in [1.54, 1.807) is 6.07 Å². The maximum Gasteiger partial charge on any atom is 0.416 e. The smallest absolute Gasteiger partial charge is 0.416 e. The largest absolute Gasteiger partial charge is 0.508 e. The summed E-state index contributed by atoms with van der Waals surface area (Å²) in [7, 11) is -4.00. The van der Waals surface area contributed by atoms with Crippen LogP contribution < -0.4 is 0 Å².